The Morgan fingerprint density at radius 1 is 0.639 bits per heavy atom. The Labute approximate surface area is 646 Å². The Morgan fingerprint density at radius 2 is 1.04 bits per heavy atom. The van der Waals surface area contributed by atoms with Gasteiger partial charge in [0.25, 0.3) is 5.91 Å². The number of ether oxygens (including phenoxy) is 6. The van der Waals surface area contributed by atoms with Gasteiger partial charge in [0, 0.05) is 69.0 Å². The van der Waals surface area contributed by atoms with E-state index in [-0.39, 0.29) is 61.9 Å². The number of carbonyl (C=O) groups is 6. The average Bonchev–Trinajstić information content (AvgIpc) is 1.57. The van der Waals surface area contributed by atoms with Crippen LogP contribution in [0.3, 0.4) is 0 Å². The number of carboxylic acid groups (broad SMARTS) is 1. The van der Waals surface area contributed by atoms with E-state index in [9.17, 15) is 50.7 Å². The smallest absolute Gasteiger partial charge is 0.411 e. The van der Waals surface area contributed by atoms with Gasteiger partial charge in [-0.2, -0.15) is 0 Å². The van der Waals surface area contributed by atoms with E-state index >= 15 is 0 Å². The number of aromatic nitrogens is 4. The van der Waals surface area contributed by atoms with E-state index in [2.05, 4.69) is 50.3 Å². The molecule has 4 saturated carbocycles. The molecule has 6 heterocycles. The third-order valence-electron chi connectivity index (χ3n) is 21.2. The van der Waals surface area contributed by atoms with Crippen LogP contribution in [0.1, 0.15) is 176 Å². The summed E-state index contributed by atoms with van der Waals surface area (Å²) in [5.74, 6) is -1.39. The van der Waals surface area contributed by atoms with Crippen LogP contribution in [-0.4, -0.2) is 165 Å². The van der Waals surface area contributed by atoms with Crippen molar-refractivity contribution in [1.29, 1.82) is 0 Å². The number of likely N-dealkylation sites (tertiary alicyclic amines) is 2. The molecule has 0 radical (unpaired) electrons. The molecule has 4 aromatic heterocycles. The fourth-order valence-electron chi connectivity index (χ4n) is 13.4. The van der Waals surface area contributed by atoms with Crippen molar-refractivity contribution < 1.29 is 79.1 Å². The maximum Gasteiger partial charge on any atom is 0.411 e. The summed E-state index contributed by atoms with van der Waals surface area (Å²) in [6.07, 6.45) is 3.17. The second-order valence-corrected chi connectivity index (χ2v) is 38.4. The molecule has 6 aromatic rings. The van der Waals surface area contributed by atoms with E-state index in [1.807, 2.05) is 67.9 Å². The second kappa shape index (κ2) is 31.0. The molecule has 26 nitrogen and oxygen atoms in total. The van der Waals surface area contributed by atoms with Gasteiger partial charge in [-0.3, -0.25) is 33.6 Å². The van der Waals surface area contributed by atoms with Crippen LogP contribution in [0.15, 0.2) is 72.5 Å². The fraction of sp³-hybridized carbons (Fsp3) is 0.558. The van der Waals surface area contributed by atoms with Crippen molar-refractivity contribution in [3.8, 4) is 44.4 Å². The van der Waals surface area contributed by atoms with Gasteiger partial charge >= 0.3 is 18.2 Å². The lowest BCUT2D eigenvalue weighted by molar-refractivity contribution is -0.143. The minimum absolute atomic E-state index is 0. The molecule has 4 aliphatic carbocycles. The molecule has 10 atom stereocenters. The number of sulfonamides is 2. The van der Waals surface area contributed by atoms with Crippen molar-refractivity contribution in [1.82, 2.24) is 39.2 Å². The maximum atomic E-state index is 14.5. The van der Waals surface area contributed by atoms with Crippen molar-refractivity contribution in [2.45, 2.75) is 218 Å². The van der Waals surface area contributed by atoms with Crippen molar-refractivity contribution >= 4 is 113 Å². The normalized spacial score (nSPS) is 24.4. The lowest BCUT2D eigenvalue weighted by Crippen LogP contribution is -2.49. The van der Waals surface area contributed by atoms with E-state index in [4.69, 9.17) is 54.1 Å². The second-order valence-electron chi connectivity index (χ2n) is 32.3. The number of pyridine rings is 2. The first-order chi connectivity index (χ1) is 49.8. The molecular formula is C77H102ClN9O17S4. The third-order valence-corrected chi connectivity index (χ3v) is 27.3. The Morgan fingerprint density at radius 3 is 1.38 bits per heavy atom. The number of halogens is 1. The number of carboxylic acids is 1. The van der Waals surface area contributed by atoms with Crippen LogP contribution in [0, 0.1) is 42.9 Å². The number of amides is 4. The summed E-state index contributed by atoms with van der Waals surface area (Å²) < 4.78 is 87.9. The number of aryl methyl sites for hydroxylation is 2. The van der Waals surface area contributed by atoms with Gasteiger partial charge < -0.3 is 39.3 Å². The summed E-state index contributed by atoms with van der Waals surface area (Å²) >= 11 is 3.01. The van der Waals surface area contributed by atoms with Gasteiger partial charge in [-0.1, -0.05) is 53.7 Å². The van der Waals surface area contributed by atoms with Crippen molar-refractivity contribution in [3.05, 3.63) is 95.0 Å². The minimum Gasteiger partial charge on any atom is -0.496 e. The summed E-state index contributed by atoms with van der Waals surface area (Å²) in [6, 6.07) is 9.08. The molecule has 5 N–H and O–H groups in total. The van der Waals surface area contributed by atoms with Crippen LogP contribution in [0.25, 0.3) is 43.2 Å². The number of hydrogen-bond acceptors (Lipinski definition) is 23. The number of benzene rings is 2. The number of nitrogens with zero attached hydrogens (tertiary/aromatic N) is 6. The standard InChI is InChI=1S/C39H50N4O8S2.C28H35N3O6S.C10H16N2O3S.ClH/c1-11-24-17-39(24,35(45)42-53(47,48)38(9)14-15-38)18-28(44)33-23(5)31(19-43(33)36(46)51-37(6,7)8)50-30-16-26(34-41-27(20-52-34)21(2)3)40-32-22(4)29(49-10)13-12-25(30)32;1-14(2)19-13-38-25(30-19)18-11-21(17-9-10-20(35-8)15(3)23(17)29-18)36-22-12-31(24(16(22)4)26(32)33)27(34)37-28(5,6)7;1-3-7-6-10(7,11)8(13)12-16(14,15)9(2)4-5-9;/h11-13,16,20-21,23-24,31,33H,1,14-15,17-19H2,2-10H3,(H,42,45);9-11,13-14,16,22,24H,12H2,1-8H3,(H,32,33);3,7H,1,4-6,11H2,2H3,(H,12,13);1H/t23-,24-,31+,33+,39-;16-,22+,24+;7-,10-;/m111./s1. The van der Waals surface area contributed by atoms with E-state index in [0.717, 1.165) is 43.3 Å². The maximum absolute atomic E-state index is 14.5. The summed E-state index contributed by atoms with van der Waals surface area (Å²) in [7, 11) is -4.29. The van der Waals surface area contributed by atoms with Gasteiger partial charge in [0.2, 0.25) is 26.0 Å². The minimum atomic E-state index is -3.93. The Balaban J connectivity index is 0.000000212. The predicted molar refractivity (Wildman–Crippen MR) is 417 cm³/mol. The molecule has 6 aliphatic rings. The molecule has 2 saturated heterocycles. The number of methoxy groups -OCH3 is 2. The summed E-state index contributed by atoms with van der Waals surface area (Å²) in [6.45, 7) is 37.1. The average molecular weight is 1590 g/mol. The lowest BCUT2D eigenvalue weighted by atomic mass is 9.88. The van der Waals surface area contributed by atoms with E-state index in [1.54, 1.807) is 88.7 Å². The first kappa shape index (κ1) is 84.0. The molecule has 2 aliphatic heterocycles. The molecule has 0 bridgehead atoms. The quantitative estimate of drug-likeness (QED) is 0.0459. The SMILES string of the molecule is C=C[C@@H]1C[C@]1(CC(=O)[C@@H]1[C@H](C)[C@@H](Oc2cc(-c3nc(C(C)C)cs3)nc3c(C)c(OC)ccc23)CN1C(=O)OC(C)(C)C)C(=O)NS(=O)(=O)C1(C)CC1.C=C[C@@H]1C[C@]1(N)C(=O)NS(=O)(=O)C1(C)CC1.COc1ccc2c(O[C@H]3CN(C(=O)OC(C)(C)C)[C@H](C(=O)O)[C@@H]3C)cc(-c3nc(C(C)C)cs3)nc2c1C.Cl. The molecular weight excluding hydrogens is 1490 g/mol. The molecule has 0 spiro atoms. The van der Waals surface area contributed by atoms with Crippen molar-refractivity contribution in [2.24, 2.45) is 34.8 Å². The number of rotatable bonds is 22. The number of carbonyl (C=O) groups excluding carboxylic acids is 5. The Hall–Kier alpha value is -8.03. The number of allylic oxidation sites excluding steroid dienone is 1. The van der Waals surface area contributed by atoms with Gasteiger partial charge in [0.05, 0.1) is 64.6 Å². The Bertz CT molecular complexity index is 4750. The van der Waals surface area contributed by atoms with E-state index < -0.39 is 124 Å². The number of fused-ring (bicyclic) bond motifs is 2. The monoisotopic (exact) mass is 1590 g/mol. The van der Waals surface area contributed by atoms with Crippen LogP contribution >= 0.6 is 35.1 Å². The summed E-state index contributed by atoms with van der Waals surface area (Å²) in [5, 5.41) is 17.0. The summed E-state index contributed by atoms with van der Waals surface area (Å²) in [4.78, 5) is 101. The Kier molecular flexibility index (Phi) is 24.1. The van der Waals surface area contributed by atoms with Gasteiger partial charge in [-0.25, -0.2) is 51.2 Å². The van der Waals surface area contributed by atoms with Gasteiger partial charge in [0.1, 0.15) is 85.4 Å². The number of nitrogens with one attached hydrogen (secondary N) is 2. The number of thiazole rings is 2. The number of nitrogens with two attached hydrogens (primary N) is 1. The molecule has 108 heavy (non-hydrogen) atoms. The molecule has 12 rings (SSSR count). The van der Waals surface area contributed by atoms with E-state index in [1.165, 1.54) is 32.5 Å². The third kappa shape index (κ3) is 17.3. The number of aliphatic carboxylic acids is 1. The highest BCUT2D eigenvalue weighted by molar-refractivity contribution is 7.92. The highest BCUT2D eigenvalue weighted by Gasteiger charge is 2.64. The molecule has 0 unspecified atom stereocenters. The number of ketones is 1. The zero-order valence-corrected chi connectivity index (χ0v) is 68.7. The van der Waals surface area contributed by atoms with Gasteiger partial charge in [-0.15, -0.1) is 48.2 Å². The van der Waals surface area contributed by atoms with Crippen LogP contribution in [0.2, 0.25) is 0 Å². The van der Waals surface area contributed by atoms with Gasteiger partial charge in [-0.05, 0) is 150 Å². The fourth-order valence-corrected chi connectivity index (χ4v) is 17.9. The molecule has 2 aromatic carbocycles. The zero-order chi connectivity index (χ0) is 79.0. The molecule has 588 valence electrons. The van der Waals surface area contributed by atoms with Crippen molar-refractivity contribution in [2.75, 3.05) is 27.3 Å². The molecule has 6 fully saturated rings. The van der Waals surface area contributed by atoms with Crippen LogP contribution in [0.4, 0.5) is 9.59 Å². The first-order valence-corrected chi connectivity index (χ1v) is 40.7. The molecule has 31 heteroatoms. The number of Topliss-reactive ketones (excluding diaryl/α,β-unsaturated/α-hetero) is 1. The van der Waals surface area contributed by atoms with Crippen LogP contribution < -0.4 is 34.1 Å². The number of hydrogen-bond donors (Lipinski definition) is 4. The summed E-state index contributed by atoms with van der Waals surface area (Å²) in [5.41, 5.74) is 8.09. The first-order valence-electron chi connectivity index (χ1n) is 35.9. The highest BCUT2D eigenvalue weighted by atomic mass is 35.5. The zero-order valence-electron chi connectivity index (χ0n) is 64.6. The topological polar surface area (TPSA) is 354 Å². The predicted octanol–water partition coefficient (Wildman–Crippen LogP) is 13.1. The molecule has 4 amide bonds. The van der Waals surface area contributed by atoms with E-state index in [0.29, 0.717) is 77.5 Å². The highest BCUT2D eigenvalue weighted by Crippen LogP contribution is 2.58. The van der Waals surface area contributed by atoms with Crippen LogP contribution in [-0.2, 0) is 48.7 Å². The lowest BCUT2D eigenvalue weighted by Gasteiger charge is -2.29. The van der Waals surface area contributed by atoms with Crippen LogP contribution in [0.5, 0.6) is 23.0 Å². The largest absolute Gasteiger partial charge is 0.496 e. The van der Waals surface area contributed by atoms with Gasteiger partial charge in [0.15, 0.2) is 5.78 Å². The van der Waals surface area contributed by atoms with Crippen molar-refractivity contribution in [3.63, 3.8) is 0 Å².